The first-order valence-electron chi connectivity index (χ1n) is 16.5. The third-order valence-corrected chi connectivity index (χ3v) is 9.14. The van der Waals surface area contributed by atoms with Crippen molar-refractivity contribution in [2.45, 2.75) is 78.7 Å². The molecule has 3 amide bonds. The van der Waals surface area contributed by atoms with Crippen molar-refractivity contribution in [1.82, 2.24) is 45.6 Å². The lowest BCUT2D eigenvalue weighted by atomic mass is 10.0. The predicted molar refractivity (Wildman–Crippen MR) is 184 cm³/mol. The van der Waals surface area contributed by atoms with Crippen LogP contribution in [0.4, 0.5) is 0 Å². The van der Waals surface area contributed by atoms with Crippen molar-refractivity contribution in [3.05, 3.63) is 93.7 Å². The molecule has 0 aliphatic carbocycles. The Labute approximate surface area is 285 Å². The highest BCUT2D eigenvalue weighted by molar-refractivity contribution is 7.09. The van der Waals surface area contributed by atoms with E-state index in [1.54, 1.807) is 23.2 Å². The van der Waals surface area contributed by atoms with Gasteiger partial charge in [-0.15, -0.1) is 11.3 Å². The number of fused-ring (bicyclic) bond motifs is 3. The Balaban J connectivity index is 1.53. The van der Waals surface area contributed by atoms with E-state index in [4.69, 9.17) is 4.98 Å². The van der Waals surface area contributed by atoms with E-state index in [9.17, 15) is 14.4 Å². The molecule has 2 bridgehead atoms. The van der Waals surface area contributed by atoms with Gasteiger partial charge in [0.05, 0.1) is 24.3 Å². The number of rotatable bonds is 7. The van der Waals surface area contributed by atoms with E-state index in [0.717, 1.165) is 11.3 Å². The van der Waals surface area contributed by atoms with E-state index in [-0.39, 0.29) is 60.4 Å². The number of amides is 3. The summed E-state index contributed by atoms with van der Waals surface area (Å²) in [7, 11) is 0. The largest absolute Gasteiger partial charge is 0.350 e. The van der Waals surface area contributed by atoms with Gasteiger partial charge < -0.3 is 16.0 Å². The first kappa shape index (κ1) is 34.8. The van der Waals surface area contributed by atoms with Crippen LogP contribution in [0.3, 0.4) is 0 Å². The fourth-order valence-electron chi connectivity index (χ4n) is 5.82. The van der Waals surface area contributed by atoms with E-state index in [1.807, 2.05) is 67.3 Å². The number of carbonyl (C=O) groups excluding carboxylic acids is 3. The molecule has 1 aromatic carbocycles. The number of aromatic nitrogens is 5. The third-order valence-electron chi connectivity index (χ3n) is 8.18. The molecule has 0 radical (unpaired) electrons. The molecule has 254 valence electrons. The summed E-state index contributed by atoms with van der Waals surface area (Å²) in [5.41, 5.74) is 2.07. The molecule has 3 atom stereocenters. The fourth-order valence-corrected chi connectivity index (χ4v) is 6.68. The van der Waals surface area contributed by atoms with Gasteiger partial charge in [0, 0.05) is 30.7 Å². The van der Waals surface area contributed by atoms with Crippen molar-refractivity contribution in [3.63, 3.8) is 0 Å². The Hall–Kier alpha value is -4.49. The lowest BCUT2D eigenvalue weighted by Crippen LogP contribution is -2.50. The summed E-state index contributed by atoms with van der Waals surface area (Å²) >= 11 is 1.36. The van der Waals surface area contributed by atoms with Gasteiger partial charge in [0.2, 0.25) is 11.8 Å². The topological polar surface area (TPSA) is 147 Å². The van der Waals surface area contributed by atoms with Crippen LogP contribution in [-0.2, 0) is 29.1 Å². The number of thiazole rings is 1. The second-order valence-electron chi connectivity index (χ2n) is 13.1. The summed E-state index contributed by atoms with van der Waals surface area (Å²) < 4.78 is 1.57. The first-order valence-corrected chi connectivity index (χ1v) is 17.3. The van der Waals surface area contributed by atoms with E-state index < -0.39 is 6.04 Å². The molecule has 12 nitrogen and oxygen atoms in total. The second-order valence-corrected chi connectivity index (χ2v) is 14.0. The summed E-state index contributed by atoms with van der Waals surface area (Å²) in [5, 5.41) is 16.5. The zero-order valence-corrected chi connectivity index (χ0v) is 29.0. The monoisotopic (exact) mass is 671 g/mol. The molecule has 3 aromatic heterocycles. The number of hydrogen-bond acceptors (Lipinski definition) is 9. The second kappa shape index (κ2) is 16.1. The minimum atomic E-state index is -0.584. The van der Waals surface area contributed by atoms with Crippen molar-refractivity contribution in [2.75, 3.05) is 13.1 Å². The molecule has 0 unspecified atom stereocenters. The maximum absolute atomic E-state index is 13.7. The van der Waals surface area contributed by atoms with Gasteiger partial charge >= 0.3 is 0 Å². The third kappa shape index (κ3) is 9.54. The standard InChI is InChI=1S/C35H45N9O3S/c1-22(2)15-28-35-41-30(21-48-35)34(47)40-27(16-25-11-7-6-8-12-25)33-37-24(5)42-44(33)20-32(46)39-29(23(3)4)18-43(19-31(45)38-28)17-26-13-9-10-14-36-26/h6-14,21-23,27-29H,15-20H2,1-5H3,(H,38,45)(H,39,46)(H,40,47)/t27-,28-,29+/m0/s1. The van der Waals surface area contributed by atoms with Gasteiger partial charge in [-0.2, -0.15) is 5.10 Å². The number of benzene rings is 1. The van der Waals surface area contributed by atoms with Gasteiger partial charge in [-0.1, -0.05) is 64.1 Å². The van der Waals surface area contributed by atoms with Gasteiger partial charge in [0.25, 0.3) is 5.91 Å². The maximum Gasteiger partial charge on any atom is 0.271 e. The molecule has 5 rings (SSSR count). The number of nitrogens with zero attached hydrogens (tertiary/aromatic N) is 6. The molecule has 4 heterocycles. The van der Waals surface area contributed by atoms with Crippen molar-refractivity contribution < 1.29 is 14.4 Å². The molecule has 0 spiro atoms. The lowest BCUT2D eigenvalue weighted by Gasteiger charge is -2.30. The Morgan fingerprint density at radius 2 is 1.65 bits per heavy atom. The van der Waals surface area contributed by atoms with Crippen molar-refractivity contribution in [3.8, 4) is 0 Å². The highest BCUT2D eigenvalue weighted by Gasteiger charge is 2.29. The van der Waals surface area contributed by atoms with E-state index in [1.165, 1.54) is 11.3 Å². The minimum Gasteiger partial charge on any atom is -0.350 e. The van der Waals surface area contributed by atoms with Crippen LogP contribution in [0.1, 0.15) is 84.6 Å². The molecule has 0 saturated carbocycles. The number of carbonyl (C=O) groups is 3. The highest BCUT2D eigenvalue weighted by atomic mass is 32.1. The molecular weight excluding hydrogens is 627 g/mol. The molecule has 0 fully saturated rings. The Morgan fingerprint density at radius 3 is 2.35 bits per heavy atom. The number of aryl methyl sites for hydroxylation is 1. The van der Waals surface area contributed by atoms with Gasteiger partial charge in [-0.05, 0) is 49.3 Å². The van der Waals surface area contributed by atoms with Crippen molar-refractivity contribution in [2.24, 2.45) is 11.8 Å². The summed E-state index contributed by atoms with van der Waals surface area (Å²) in [6, 6.07) is 14.3. The first-order chi connectivity index (χ1) is 23.0. The molecule has 13 heteroatoms. The molecule has 48 heavy (non-hydrogen) atoms. The zero-order chi connectivity index (χ0) is 34.2. The molecule has 0 saturated heterocycles. The van der Waals surface area contributed by atoms with Crippen LogP contribution in [0, 0.1) is 18.8 Å². The van der Waals surface area contributed by atoms with Crippen molar-refractivity contribution >= 4 is 29.1 Å². The Bertz CT molecular complexity index is 1670. The average molecular weight is 672 g/mol. The molecular formula is C35H45N9O3S. The minimum absolute atomic E-state index is 0.0679. The molecule has 1 aliphatic rings. The van der Waals surface area contributed by atoms with Gasteiger partial charge in [0.15, 0.2) is 5.82 Å². The number of pyridine rings is 1. The Morgan fingerprint density at radius 1 is 0.896 bits per heavy atom. The highest BCUT2D eigenvalue weighted by Crippen LogP contribution is 2.26. The summed E-state index contributed by atoms with van der Waals surface area (Å²) in [4.78, 5) is 57.0. The fraction of sp³-hybridized carbons (Fsp3) is 0.457. The van der Waals surface area contributed by atoms with Crippen LogP contribution < -0.4 is 16.0 Å². The van der Waals surface area contributed by atoms with Crippen LogP contribution in [0.15, 0.2) is 60.1 Å². The zero-order valence-electron chi connectivity index (χ0n) is 28.2. The number of nitrogens with one attached hydrogen (secondary N) is 3. The molecule has 3 N–H and O–H groups in total. The van der Waals surface area contributed by atoms with E-state index in [2.05, 4.69) is 44.9 Å². The van der Waals surface area contributed by atoms with Gasteiger partial charge in [-0.3, -0.25) is 24.3 Å². The normalized spacial score (nSPS) is 20.1. The lowest BCUT2D eigenvalue weighted by molar-refractivity contribution is -0.123. The quantitative estimate of drug-likeness (QED) is 0.267. The van der Waals surface area contributed by atoms with E-state index in [0.29, 0.717) is 42.6 Å². The smallest absolute Gasteiger partial charge is 0.271 e. The molecule has 4 aromatic rings. The summed E-state index contributed by atoms with van der Waals surface area (Å²) in [6.45, 7) is 10.9. The van der Waals surface area contributed by atoms with Gasteiger partial charge in [0.1, 0.15) is 23.1 Å². The number of hydrogen-bond donors (Lipinski definition) is 3. The van der Waals surface area contributed by atoms with E-state index >= 15 is 0 Å². The van der Waals surface area contributed by atoms with Crippen LogP contribution >= 0.6 is 11.3 Å². The maximum atomic E-state index is 13.7. The molecule has 1 aliphatic heterocycles. The van der Waals surface area contributed by atoms with Crippen LogP contribution in [-0.4, -0.2) is 66.5 Å². The summed E-state index contributed by atoms with van der Waals surface area (Å²) in [6.07, 6.45) is 2.83. The van der Waals surface area contributed by atoms with Gasteiger partial charge in [-0.25, -0.2) is 14.6 Å². The van der Waals surface area contributed by atoms with Crippen LogP contribution in [0.25, 0.3) is 0 Å². The Kier molecular flexibility index (Phi) is 11.7. The summed E-state index contributed by atoms with van der Waals surface area (Å²) in [5.74, 6) is 0.539. The van der Waals surface area contributed by atoms with Crippen LogP contribution in [0.2, 0.25) is 0 Å². The predicted octanol–water partition coefficient (Wildman–Crippen LogP) is 4.01. The SMILES string of the molecule is Cc1nc2n(n1)CC(=O)N[C@@H](C(C)C)CN(Cc1ccccn1)CC(=O)N[C@@H](CC(C)C)c1nc(cs1)C(=O)N[C@H]2Cc1ccccc1. The average Bonchev–Trinajstić information content (AvgIpc) is 3.67. The van der Waals surface area contributed by atoms with Crippen LogP contribution in [0.5, 0.6) is 0 Å². The van der Waals surface area contributed by atoms with Crippen molar-refractivity contribution in [1.29, 1.82) is 0 Å².